The smallest absolute Gasteiger partial charge is 0.230 e. The molecule has 1 atom stereocenters. The number of hydrogen-bond acceptors (Lipinski definition) is 3. The molecular weight excluding hydrogens is 170 g/mol. The van der Waals surface area contributed by atoms with E-state index in [4.69, 9.17) is 4.74 Å². The molecule has 2 aliphatic rings. The molecule has 0 aromatic heterocycles. The van der Waals surface area contributed by atoms with Crippen molar-refractivity contribution >= 4 is 11.8 Å². The Labute approximate surface area is 76.6 Å². The van der Waals surface area contributed by atoms with Crippen LogP contribution in [0.3, 0.4) is 0 Å². The molecular formula is C9H13NO3. The summed E-state index contributed by atoms with van der Waals surface area (Å²) in [5, 5.41) is 2.33. The normalized spacial score (nSPS) is 38.7. The van der Waals surface area contributed by atoms with Crippen LogP contribution in [-0.4, -0.2) is 25.0 Å². The molecule has 13 heavy (non-hydrogen) atoms. The van der Waals surface area contributed by atoms with E-state index in [1.54, 1.807) is 7.11 Å². The molecule has 1 saturated carbocycles. The Morgan fingerprint density at radius 3 is 2.54 bits per heavy atom. The summed E-state index contributed by atoms with van der Waals surface area (Å²) in [5.74, 6) is 0.0516. The fraction of sp³-hybridized carbons (Fsp3) is 0.778. The predicted molar refractivity (Wildman–Crippen MR) is 44.8 cm³/mol. The molecule has 0 aromatic carbocycles. The van der Waals surface area contributed by atoms with Crippen LogP contribution in [0.15, 0.2) is 0 Å². The van der Waals surface area contributed by atoms with Gasteiger partial charge in [0.05, 0.1) is 12.0 Å². The van der Waals surface area contributed by atoms with Crippen LogP contribution < -0.4 is 5.32 Å². The van der Waals surface area contributed by atoms with Gasteiger partial charge < -0.3 is 4.74 Å². The van der Waals surface area contributed by atoms with E-state index >= 15 is 0 Å². The van der Waals surface area contributed by atoms with E-state index in [0.29, 0.717) is 18.4 Å². The first-order valence-electron chi connectivity index (χ1n) is 4.57. The van der Waals surface area contributed by atoms with Gasteiger partial charge in [-0.25, -0.2) is 0 Å². The Balaban J connectivity index is 1.89. The highest BCUT2D eigenvalue weighted by atomic mass is 16.5. The molecule has 2 fully saturated rings. The first kappa shape index (κ1) is 8.69. The maximum absolute atomic E-state index is 11.2. The van der Waals surface area contributed by atoms with Crippen LogP contribution in [0.25, 0.3) is 0 Å². The number of carbonyl (C=O) groups is 2. The monoisotopic (exact) mass is 183 g/mol. The van der Waals surface area contributed by atoms with Crippen LogP contribution in [0.4, 0.5) is 0 Å². The molecule has 72 valence electrons. The zero-order chi connectivity index (χ0) is 9.42. The summed E-state index contributed by atoms with van der Waals surface area (Å²) in [6.45, 7) is 0. The molecule has 0 spiro atoms. The standard InChI is InChI=1S/C9H13NO3/c1-13-6-2-5(3-6)7-4-8(11)10-9(7)12/h5-7H,2-4H2,1H3,(H,10,11,12). The number of imide groups is 1. The molecule has 2 rings (SSSR count). The number of nitrogens with one attached hydrogen (secondary N) is 1. The van der Waals surface area contributed by atoms with Crippen molar-refractivity contribution in [3.63, 3.8) is 0 Å². The summed E-state index contributed by atoms with van der Waals surface area (Å²) in [6, 6.07) is 0. The first-order chi connectivity index (χ1) is 6.20. The number of rotatable bonds is 2. The Bertz CT molecular complexity index is 245. The highest BCUT2D eigenvalue weighted by Gasteiger charge is 2.43. The van der Waals surface area contributed by atoms with Crippen LogP contribution in [-0.2, 0) is 14.3 Å². The van der Waals surface area contributed by atoms with Gasteiger partial charge in [-0.3, -0.25) is 14.9 Å². The van der Waals surface area contributed by atoms with E-state index in [-0.39, 0.29) is 17.7 Å². The molecule has 0 aromatic rings. The first-order valence-corrected chi connectivity index (χ1v) is 4.57. The quantitative estimate of drug-likeness (QED) is 0.616. The van der Waals surface area contributed by atoms with Crippen molar-refractivity contribution in [2.24, 2.45) is 11.8 Å². The maximum Gasteiger partial charge on any atom is 0.230 e. The largest absolute Gasteiger partial charge is 0.381 e. The second-order valence-electron chi connectivity index (χ2n) is 3.81. The van der Waals surface area contributed by atoms with Gasteiger partial charge in [-0.1, -0.05) is 0 Å². The molecule has 1 aliphatic carbocycles. The summed E-state index contributed by atoms with van der Waals surface area (Å²) < 4.78 is 5.12. The van der Waals surface area contributed by atoms with Gasteiger partial charge in [-0.2, -0.15) is 0 Å². The lowest BCUT2D eigenvalue weighted by molar-refractivity contribution is -0.128. The van der Waals surface area contributed by atoms with Crippen molar-refractivity contribution < 1.29 is 14.3 Å². The van der Waals surface area contributed by atoms with Crippen LogP contribution in [0.5, 0.6) is 0 Å². The highest BCUT2D eigenvalue weighted by molar-refractivity contribution is 6.03. The maximum atomic E-state index is 11.2. The minimum Gasteiger partial charge on any atom is -0.381 e. The SMILES string of the molecule is COC1CC(C2CC(=O)NC2=O)C1. The molecule has 4 nitrogen and oxygen atoms in total. The second-order valence-corrected chi connectivity index (χ2v) is 3.81. The third-order valence-corrected chi connectivity index (χ3v) is 3.04. The molecule has 1 unspecified atom stereocenters. The Morgan fingerprint density at radius 2 is 2.08 bits per heavy atom. The van der Waals surface area contributed by atoms with Gasteiger partial charge in [0.2, 0.25) is 11.8 Å². The van der Waals surface area contributed by atoms with E-state index in [9.17, 15) is 9.59 Å². The van der Waals surface area contributed by atoms with Crippen LogP contribution in [0, 0.1) is 11.8 Å². The summed E-state index contributed by atoms with van der Waals surface area (Å²) in [4.78, 5) is 22.1. The second kappa shape index (κ2) is 3.10. The van der Waals surface area contributed by atoms with Crippen molar-refractivity contribution in [3.8, 4) is 0 Å². The minimum absolute atomic E-state index is 0.0844. The van der Waals surface area contributed by atoms with E-state index in [1.807, 2.05) is 0 Å². The zero-order valence-corrected chi connectivity index (χ0v) is 7.58. The van der Waals surface area contributed by atoms with Crippen molar-refractivity contribution in [3.05, 3.63) is 0 Å². The van der Waals surface area contributed by atoms with Crippen LogP contribution >= 0.6 is 0 Å². The van der Waals surface area contributed by atoms with E-state index in [2.05, 4.69) is 5.32 Å². The van der Waals surface area contributed by atoms with Gasteiger partial charge in [0, 0.05) is 13.5 Å². The fourth-order valence-corrected chi connectivity index (χ4v) is 2.08. The zero-order valence-electron chi connectivity index (χ0n) is 7.58. The van der Waals surface area contributed by atoms with Crippen LogP contribution in [0.1, 0.15) is 19.3 Å². The molecule has 1 N–H and O–H groups in total. The topological polar surface area (TPSA) is 55.4 Å². The highest BCUT2D eigenvalue weighted by Crippen LogP contribution is 2.38. The third kappa shape index (κ3) is 1.46. The number of hydrogen-bond donors (Lipinski definition) is 1. The molecule has 1 aliphatic heterocycles. The predicted octanol–water partition coefficient (Wildman–Crippen LogP) is 0.0741. The van der Waals surface area contributed by atoms with Crippen molar-refractivity contribution in [2.75, 3.05) is 7.11 Å². The third-order valence-electron chi connectivity index (χ3n) is 3.04. The van der Waals surface area contributed by atoms with Gasteiger partial charge in [0.15, 0.2) is 0 Å². The number of amides is 2. The van der Waals surface area contributed by atoms with Gasteiger partial charge in [0.25, 0.3) is 0 Å². The Morgan fingerprint density at radius 1 is 1.38 bits per heavy atom. The van der Waals surface area contributed by atoms with Crippen molar-refractivity contribution in [1.82, 2.24) is 5.32 Å². The lowest BCUT2D eigenvalue weighted by Crippen LogP contribution is -2.38. The van der Waals surface area contributed by atoms with Crippen molar-refractivity contribution in [1.29, 1.82) is 0 Å². The lowest BCUT2D eigenvalue weighted by atomic mass is 9.73. The summed E-state index contributed by atoms with van der Waals surface area (Å²) in [5.41, 5.74) is 0. The Kier molecular flexibility index (Phi) is 2.07. The summed E-state index contributed by atoms with van der Waals surface area (Å²) >= 11 is 0. The van der Waals surface area contributed by atoms with Crippen molar-refractivity contribution in [2.45, 2.75) is 25.4 Å². The van der Waals surface area contributed by atoms with Gasteiger partial charge >= 0.3 is 0 Å². The van der Waals surface area contributed by atoms with E-state index < -0.39 is 0 Å². The molecule has 1 saturated heterocycles. The summed E-state index contributed by atoms with van der Waals surface area (Å²) in [7, 11) is 1.68. The van der Waals surface area contributed by atoms with Crippen LogP contribution in [0.2, 0.25) is 0 Å². The average molecular weight is 183 g/mol. The number of methoxy groups -OCH3 is 1. The molecule has 0 bridgehead atoms. The number of ether oxygens (including phenoxy) is 1. The van der Waals surface area contributed by atoms with Gasteiger partial charge in [-0.05, 0) is 18.8 Å². The molecule has 4 heteroatoms. The van der Waals surface area contributed by atoms with Gasteiger partial charge in [0.1, 0.15) is 0 Å². The molecule has 0 radical (unpaired) electrons. The molecule has 2 amide bonds. The molecule has 1 heterocycles. The summed E-state index contributed by atoms with van der Waals surface area (Å²) in [6.07, 6.45) is 2.51. The minimum atomic E-state index is -0.129. The average Bonchev–Trinajstić information content (AvgIpc) is 2.29. The van der Waals surface area contributed by atoms with Gasteiger partial charge in [-0.15, -0.1) is 0 Å². The lowest BCUT2D eigenvalue weighted by Gasteiger charge is -2.36. The fourth-order valence-electron chi connectivity index (χ4n) is 2.08. The van der Waals surface area contributed by atoms with E-state index in [1.165, 1.54) is 0 Å². The Hall–Kier alpha value is -0.900. The number of carbonyl (C=O) groups excluding carboxylic acids is 2. The van der Waals surface area contributed by atoms with E-state index in [0.717, 1.165) is 12.8 Å².